The molecule has 2 rings (SSSR count). The standard InChI is InChI=1S/C15H21NO5/c1-18-13-9-12(11-17)10-14(15(13)19-2)21-8-5-16-3-6-20-7-4-16/h9-11H,3-8H2,1-2H3. The molecule has 21 heavy (non-hydrogen) atoms. The Morgan fingerprint density at radius 1 is 1.19 bits per heavy atom. The number of aldehydes is 1. The van der Waals surface area contributed by atoms with Gasteiger partial charge in [-0.25, -0.2) is 0 Å². The molecule has 1 fully saturated rings. The van der Waals surface area contributed by atoms with Crippen LogP contribution in [0.2, 0.25) is 0 Å². The monoisotopic (exact) mass is 295 g/mol. The first kappa shape index (κ1) is 15.6. The number of ether oxygens (including phenoxy) is 4. The highest BCUT2D eigenvalue weighted by atomic mass is 16.5. The van der Waals surface area contributed by atoms with Crippen LogP contribution in [-0.4, -0.2) is 64.9 Å². The first-order chi connectivity index (χ1) is 10.3. The van der Waals surface area contributed by atoms with E-state index in [4.69, 9.17) is 18.9 Å². The van der Waals surface area contributed by atoms with E-state index in [9.17, 15) is 4.79 Å². The largest absolute Gasteiger partial charge is 0.493 e. The van der Waals surface area contributed by atoms with Crippen molar-refractivity contribution in [2.45, 2.75) is 0 Å². The minimum Gasteiger partial charge on any atom is -0.493 e. The van der Waals surface area contributed by atoms with Crippen LogP contribution in [0.4, 0.5) is 0 Å². The van der Waals surface area contributed by atoms with Gasteiger partial charge in [0.05, 0.1) is 27.4 Å². The second-order valence-electron chi connectivity index (χ2n) is 4.67. The number of hydrogen-bond donors (Lipinski definition) is 0. The van der Waals surface area contributed by atoms with E-state index >= 15 is 0 Å². The molecule has 0 aliphatic carbocycles. The van der Waals surface area contributed by atoms with E-state index in [1.165, 1.54) is 7.11 Å². The third-order valence-corrected chi connectivity index (χ3v) is 3.37. The molecule has 0 N–H and O–H groups in total. The van der Waals surface area contributed by atoms with Crippen LogP contribution in [0.25, 0.3) is 0 Å². The molecule has 6 heteroatoms. The Morgan fingerprint density at radius 2 is 1.90 bits per heavy atom. The van der Waals surface area contributed by atoms with Crippen molar-refractivity contribution in [2.24, 2.45) is 0 Å². The van der Waals surface area contributed by atoms with Crippen LogP contribution in [0.1, 0.15) is 10.4 Å². The van der Waals surface area contributed by atoms with Crippen molar-refractivity contribution in [1.82, 2.24) is 4.90 Å². The van der Waals surface area contributed by atoms with Crippen LogP contribution < -0.4 is 14.2 Å². The Kier molecular flexibility index (Phi) is 5.83. The van der Waals surface area contributed by atoms with E-state index in [1.54, 1.807) is 19.2 Å². The number of carbonyl (C=O) groups excluding carboxylic acids is 1. The fourth-order valence-corrected chi connectivity index (χ4v) is 2.23. The minimum absolute atomic E-state index is 0.489. The second kappa shape index (κ2) is 7.85. The number of nitrogens with zero attached hydrogens (tertiary/aromatic N) is 1. The number of hydrogen-bond acceptors (Lipinski definition) is 6. The van der Waals surface area contributed by atoms with Crippen LogP contribution >= 0.6 is 0 Å². The molecule has 0 bridgehead atoms. The smallest absolute Gasteiger partial charge is 0.203 e. The molecule has 1 aromatic rings. The zero-order chi connectivity index (χ0) is 15.1. The summed E-state index contributed by atoms with van der Waals surface area (Å²) >= 11 is 0. The average Bonchev–Trinajstić information content (AvgIpc) is 2.54. The SMILES string of the molecule is COc1cc(C=O)cc(OCCN2CCOCC2)c1OC. The summed E-state index contributed by atoms with van der Waals surface area (Å²) in [7, 11) is 3.08. The Hall–Kier alpha value is -1.79. The third-order valence-electron chi connectivity index (χ3n) is 3.37. The van der Waals surface area contributed by atoms with Gasteiger partial charge < -0.3 is 18.9 Å². The fourth-order valence-electron chi connectivity index (χ4n) is 2.23. The summed E-state index contributed by atoms with van der Waals surface area (Å²) in [6, 6.07) is 3.29. The van der Waals surface area contributed by atoms with Gasteiger partial charge in [0.1, 0.15) is 12.9 Å². The van der Waals surface area contributed by atoms with E-state index in [0.717, 1.165) is 39.1 Å². The number of methoxy groups -OCH3 is 2. The van der Waals surface area contributed by atoms with Crippen molar-refractivity contribution in [3.8, 4) is 17.2 Å². The van der Waals surface area contributed by atoms with Crippen molar-refractivity contribution in [3.05, 3.63) is 17.7 Å². The molecule has 0 radical (unpaired) electrons. The first-order valence-electron chi connectivity index (χ1n) is 6.92. The minimum atomic E-state index is 0.489. The normalized spacial score (nSPS) is 15.5. The average molecular weight is 295 g/mol. The van der Waals surface area contributed by atoms with E-state index in [-0.39, 0.29) is 0 Å². The zero-order valence-electron chi connectivity index (χ0n) is 12.5. The van der Waals surface area contributed by atoms with Crippen molar-refractivity contribution in [1.29, 1.82) is 0 Å². The molecule has 1 aromatic carbocycles. The summed E-state index contributed by atoms with van der Waals surface area (Å²) in [6.45, 7) is 4.67. The fraction of sp³-hybridized carbons (Fsp3) is 0.533. The highest BCUT2D eigenvalue weighted by Gasteiger charge is 2.15. The molecule has 0 spiro atoms. The first-order valence-corrected chi connectivity index (χ1v) is 6.92. The predicted octanol–water partition coefficient (Wildman–Crippen LogP) is 1.23. The predicted molar refractivity (Wildman–Crippen MR) is 77.7 cm³/mol. The summed E-state index contributed by atoms with van der Waals surface area (Å²) in [5, 5.41) is 0. The molecule has 0 amide bonds. The van der Waals surface area contributed by atoms with E-state index < -0.39 is 0 Å². The molecular formula is C15H21NO5. The molecule has 1 aliphatic rings. The molecular weight excluding hydrogens is 274 g/mol. The zero-order valence-corrected chi connectivity index (χ0v) is 12.5. The lowest BCUT2D eigenvalue weighted by Gasteiger charge is -2.26. The van der Waals surface area contributed by atoms with Crippen molar-refractivity contribution < 1.29 is 23.7 Å². The summed E-state index contributed by atoms with van der Waals surface area (Å²) in [5.41, 5.74) is 0.494. The van der Waals surface area contributed by atoms with Gasteiger partial charge in [-0.15, -0.1) is 0 Å². The van der Waals surface area contributed by atoms with Crippen LogP contribution in [0.15, 0.2) is 12.1 Å². The number of morpholine rings is 1. The molecule has 0 aromatic heterocycles. The Balaban J connectivity index is 2.01. The summed E-state index contributed by atoms with van der Waals surface area (Å²) in [6.07, 6.45) is 0.761. The third kappa shape index (κ3) is 4.09. The second-order valence-corrected chi connectivity index (χ2v) is 4.67. The van der Waals surface area contributed by atoms with Gasteiger partial charge in [-0.2, -0.15) is 0 Å². The lowest BCUT2D eigenvalue weighted by Crippen LogP contribution is -2.38. The van der Waals surface area contributed by atoms with Crippen molar-refractivity contribution in [3.63, 3.8) is 0 Å². The maximum Gasteiger partial charge on any atom is 0.203 e. The van der Waals surface area contributed by atoms with Crippen molar-refractivity contribution >= 4 is 6.29 Å². The maximum absolute atomic E-state index is 11.0. The lowest BCUT2D eigenvalue weighted by molar-refractivity contribution is 0.0321. The molecule has 1 heterocycles. The Morgan fingerprint density at radius 3 is 2.52 bits per heavy atom. The number of rotatable bonds is 7. The van der Waals surface area contributed by atoms with Gasteiger partial charge in [-0.05, 0) is 12.1 Å². The quantitative estimate of drug-likeness (QED) is 0.705. The number of carbonyl (C=O) groups is 1. The van der Waals surface area contributed by atoms with Gasteiger partial charge in [0, 0.05) is 25.2 Å². The summed E-state index contributed by atoms with van der Waals surface area (Å²) in [5.74, 6) is 1.51. The molecule has 0 atom stereocenters. The molecule has 1 saturated heterocycles. The van der Waals surface area contributed by atoms with Gasteiger partial charge in [0.15, 0.2) is 11.5 Å². The maximum atomic E-state index is 11.0. The van der Waals surface area contributed by atoms with E-state index in [0.29, 0.717) is 29.4 Å². The van der Waals surface area contributed by atoms with E-state index in [1.807, 2.05) is 0 Å². The van der Waals surface area contributed by atoms with E-state index in [2.05, 4.69) is 4.90 Å². The van der Waals surface area contributed by atoms with Gasteiger partial charge >= 0.3 is 0 Å². The molecule has 6 nitrogen and oxygen atoms in total. The van der Waals surface area contributed by atoms with Crippen molar-refractivity contribution in [2.75, 3.05) is 53.7 Å². The Labute approximate surface area is 124 Å². The molecule has 1 aliphatic heterocycles. The van der Waals surface area contributed by atoms with Crippen LogP contribution in [0, 0.1) is 0 Å². The summed E-state index contributed by atoms with van der Waals surface area (Å²) in [4.78, 5) is 13.2. The van der Waals surface area contributed by atoms with Gasteiger partial charge in [0.25, 0.3) is 0 Å². The van der Waals surface area contributed by atoms with Crippen LogP contribution in [0.5, 0.6) is 17.2 Å². The number of benzene rings is 1. The van der Waals surface area contributed by atoms with Gasteiger partial charge in [0.2, 0.25) is 5.75 Å². The van der Waals surface area contributed by atoms with Crippen LogP contribution in [0.3, 0.4) is 0 Å². The van der Waals surface area contributed by atoms with Gasteiger partial charge in [-0.3, -0.25) is 9.69 Å². The molecule has 116 valence electrons. The van der Waals surface area contributed by atoms with Gasteiger partial charge in [-0.1, -0.05) is 0 Å². The Bertz CT molecular complexity index is 471. The lowest BCUT2D eigenvalue weighted by atomic mass is 10.2. The highest BCUT2D eigenvalue weighted by Crippen LogP contribution is 2.38. The highest BCUT2D eigenvalue weighted by molar-refractivity contribution is 5.78. The van der Waals surface area contributed by atoms with Crippen LogP contribution in [-0.2, 0) is 4.74 Å². The topological polar surface area (TPSA) is 57.2 Å². The summed E-state index contributed by atoms with van der Waals surface area (Å²) < 4.78 is 21.6. The molecule has 0 saturated carbocycles. The molecule has 0 unspecified atom stereocenters.